The number of rotatable bonds is 3. The van der Waals surface area contributed by atoms with Crippen LogP contribution in [0.15, 0.2) is 29.2 Å². The average Bonchev–Trinajstić information content (AvgIpc) is 3.02. The van der Waals surface area contributed by atoms with Gasteiger partial charge in [0.25, 0.3) is 0 Å². The predicted octanol–water partition coefficient (Wildman–Crippen LogP) is 3.01. The minimum absolute atomic E-state index is 0. The van der Waals surface area contributed by atoms with Gasteiger partial charge in [0.15, 0.2) is 0 Å². The molecule has 0 radical (unpaired) electrons. The van der Waals surface area contributed by atoms with Crippen LogP contribution in [0.1, 0.15) is 25.7 Å². The minimum atomic E-state index is -3.41. The molecule has 1 saturated heterocycles. The second-order valence-electron chi connectivity index (χ2n) is 5.84. The highest BCUT2D eigenvalue weighted by Crippen LogP contribution is 2.26. The summed E-state index contributed by atoms with van der Waals surface area (Å²) in [6.45, 7) is 2.83. The normalized spacial score (nSPS) is 21.7. The first kappa shape index (κ1) is 18.0. The highest BCUT2D eigenvalue weighted by atomic mass is 35.5. The van der Waals surface area contributed by atoms with E-state index in [0.29, 0.717) is 29.0 Å². The maximum Gasteiger partial charge on any atom is 0.243 e. The Labute approximate surface area is 143 Å². The van der Waals surface area contributed by atoms with Crippen LogP contribution in [0.4, 0.5) is 0 Å². The summed E-state index contributed by atoms with van der Waals surface area (Å²) in [6.07, 6.45) is 5.15. The van der Waals surface area contributed by atoms with Gasteiger partial charge in [-0.25, -0.2) is 8.42 Å². The third-order valence-corrected chi connectivity index (χ3v) is 6.68. The van der Waals surface area contributed by atoms with E-state index in [1.54, 1.807) is 22.5 Å². The lowest BCUT2D eigenvalue weighted by molar-refractivity contribution is 0.139. The Morgan fingerprint density at radius 3 is 2.27 bits per heavy atom. The molecule has 3 rings (SSSR count). The van der Waals surface area contributed by atoms with E-state index in [1.807, 2.05) is 0 Å². The molecule has 0 spiro atoms. The molecule has 2 fully saturated rings. The number of hydrogen-bond acceptors (Lipinski definition) is 3. The van der Waals surface area contributed by atoms with Crippen LogP contribution in [-0.2, 0) is 10.0 Å². The van der Waals surface area contributed by atoms with E-state index in [4.69, 9.17) is 11.6 Å². The van der Waals surface area contributed by atoms with E-state index >= 15 is 0 Å². The van der Waals surface area contributed by atoms with Gasteiger partial charge in [0.05, 0.1) is 4.90 Å². The lowest BCUT2D eigenvalue weighted by atomic mass is 10.2. The van der Waals surface area contributed by atoms with Crippen molar-refractivity contribution in [1.82, 2.24) is 9.21 Å². The molecular weight excluding hydrogens is 343 g/mol. The monoisotopic (exact) mass is 364 g/mol. The second-order valence-corrected chi connectivity index (χ2v) is 8.21. The van der Waals surface area contributed by atoms with Crippen molar-refractivity contribution in [3.05, 3.63) is 29.3 Å². The van der Waals surface area contributed by atoms with Crippen molar-refractivity contribution in [3.63, 3.8) is 0 Å². The van der Waals surface area contributed by atoms with Crippen LogP contribution < -0.4 is 0 Å². The van der Waals surface area contributed by atoms with E-state index in [2.05, 4.69) is 4.90 Å². The summed E-state index contributed by atoms with van der Waals surface area (Å²) in [7, 11) is -3.41. The molecule has 124 valence electrons. The van der Waals surface area contributed by atoms with Crippen LogP contribution in [0.5, 0.6) is 0 Å². The number of sulfonamides is 1. The van der Waals surface area contributed by atoms with Gasteiger partial charge >= 0.3 is 0 Å². The Morgan fingerprint density at radius 1 is 1.05 bits per heavy atom. The SMILES string of the molecule is Cl.O=S(=O)(c1cccc(Cl)c1)N1CCN(C2CCCC2)CC1. The summed E-state index contributed by atoms with van der Waals surface area (Å²) in [5.74, 6) is 0. The van der Waals surface area contributed by atoms with Crippen LogP contribution >= 0.6 is 24.0 Å². The molecule has 1 aromatic carbocycles. The van der Waals surface area contributed by atoms with Crippen molar-refractivity contribution in [1.29, 1.82) is 0 Å². The summed E-state index contributed by atoms with van der Waals surface area (Å²) >= 11 is 5.91. The maximum absolute atomic E-state index is 12.6. The molecule has 4 nitrogen and oxygen atoms in total. The molecular formula is C15H22Cl2N2O2S. The molecule has 0 N–H and O–H groups in total. The van der Waals surface area contributed by atoms with Gasteiger partial charge in [0.2, 0.25) is 10.0 Å². The lowest BCUT2D eigenvalue weighted by Gasteiger charge is -2.37. The van der Waals surface area contributed by atoms with Crippen LogP contribution in [0.2, 0.25) is 5.02 Å². The van der Waals surface area contributed by atoms with Crippen molar-refractivity contribution in [2.24, 2.45) is 0 Å². The third kappa shape index (κ3) is 3.77. The molecule has 0 bridgehead atoms. The molecule has 1 aliphatic carbocycles. The lowest BCUT2D eigenvalue weighted by Crippen LogP contribution is -2.51. The van der Waals surface area contributed by atoms with Crippen molar-refractivity contribution in [2.45, 2.75) is 36.6 Å². The summed E-state index contributed by atoms with van der Waals surface area (Å²) in [5, 5.41) is 0.459. The van der Waals surface area contributed by atoms with Crippen LogP contribution in [-0.4, -0.2) is 49.8 Å². The quantitative estimate of drug-likeness (QED) is 0.827. The fraction of sp³-hybridized carbons (Fsp3) is 0.600. The Kier molecular flexibility index (Phi) is 6.14. The highest BCUT2D eigenvalue weighted by Gasteiger charge is 2.31. The molecule has 7 heteroatoms. The number of benzene rings is 1. The standard InChI is InChI=1S/C15H21ClN2O2S.ClH/c16-13-4-3-7-15(12-13)21(19,20)18-10-8-17(9-11-18)14-5-1-2-6-14;/h3-4,7,12,14H,1-2,5-6,8-11H2;1H. The molecule has 2 aliphatic rings. The van der Waals surface area contributed by atoms with Crippen LogP contribution in [0.3, 0.4) is 0 Å². The Morgan fingerprint density at radius 2 is 1.68 bits per heavy atom. The van der Waals surface area contributed by atoms with Crippen molar-refractivity contribution in [2.75, 3.05) is 26.2 Å². The molecule has 1 saturated carbocycles. The predicted molar refractivity (Wildman–Crippen MR) is 91.3 cm³/mol. The fourth-order valence-electron chi connectivity index (χ4n) is 3.36. The topological polar surface area (TPSA) is 40.6 Å². The van der Waals surface area contributed by atoms with Gasteiger partial charge in [-0.15, -0.1) is 12.4 Å². The smallest absolute Gasteiger partial charge is 0.243 e. The zero-order valence-electron chi connectivity index (χ0n) is 12.4. The van der Waals surface area contributed by atoms with Crippen LogP contribution in [0, 0.1) is 0 Å². The number of hydrogen-bond donors (Lipinski definition) is 0. The van der Waals surface area contributed by atoms with Gasteiger partial charge in [-0.05, 0) is 31.0 Å². The molecule has 1 heterocycles. The molecule has 1 aromatic rings. The molecule has 0 unspecified atom stereocenters. The zero-order valence-corrected chi connectivity index (χ0v) is 14.8. The average molecular weight is 365 g/mol. The molecule has 0 atom stereocenters. The number of piperazine rings is 1. The van der Waals surface area contributed by atoms with Gasteiger partial charge in [-0.2, -0.15) is 4.31 Å². The molecule has 0 aromatic heterocycles. The number of halogens is 2. The third-order valence-electron chi connectivity index (χ3n) is 4.55. The second kappa shape index (κ2) is 7.49. The largest absolute Gasteiger partial charge is 0.298 e. The minimum Gasteiger partial charge on any atom is -0.298 e. The first-order chi connectivity index (χ1) is 10.1. The van der Waals surface area contributed by atoms with Crippen molar-refractivity contribution >= 4 is 34.0 Å². The van der Waals surface area contributed by atoms with E-state index in [9.17, 15) is 8.42 Å². The van der Waals surface area contributed by atoms with E-state index < -0.39 is 10.0 Å². The Bertz CT molecular complexity index is 595. The highest BCUT2D eigenvalue weighted by molar-refractivity contribution is 7.89. The number of nitrogens with zero attached hydrogens (tertiary/aromatic N) is 2. The maximum atomic E-state index is 12.6. The van der Waals surface area contributed by atoms with Gasteiger partial charge in [-0.3, -0.25) is 4.90 Å². The summed E-state index contributed by atoms with van der Waals surface area (Å²) in [5.41, 5.74) is 0. The van der Waals surface area contributed by atoms with Gasteiger partial charge in [-0.1, -0.05) is 30.5 Å². The van der Waals surface area contributed by atoms with Gasteiger partial charge < -0.3 is 0 Å². The molecule has 1 aliphatic heterocycles. The summed E-state index contributed by atoms with van der Waals surface area (Å²) < 4.78 is 26.8. The van der Waals surface area contributed by atoms with Crippen LogP contribution in [0.25, 0.3) is 0 Å². The van der Waals surface area contributed by atoms with E-state index in [0.717, 1.165) is 13.1 Å². The van der Waals surface area contributed by atoms with Gasteiger partial charge in [0, 0.05) is 37.2 Å². The summed E-state index contributed by atoms with van der Waals surface area (Å²) in [4.78, 5) is 2.75. The Balaban J connectivity index is 0.00000176. The fourth-order valence-corrected chi connectivity index (χ4v) is 5.08. The first-order valence-corrected chi connectivity index (χ1v) is 9.39. The zero-order chi connectivity index (χ0) is 14.9. The summed E-state index contributed by atoms with van der Waals surface area (Å²) in [6, 6.07) is 7.19. The van der Waals surface area contributed by atoms with Crippen molar-refractivity contribution < 1.29 is 8.42 Å². The first-order valence-electron chi connectivity index (χ1n) is 7.57. The van der Waals surface area contributed by atoms with E-state index in [-0.39, 0.29) is 12.4 Å². The molecule has 0 amide bonds. The van der Waals surface area contributed by atoms with Crippen molar-refractivity contribution in [3.8, 4) is 0 Å². The van der Waals surface area contributed by atoms with E-state index in [1.165, 1.54) is 31.7 Å². The van der Waals surface area contributed by atoms with Gasteiger partial charge in [0.1, 0.15) is 0 Å². The Hall–Kier alpha value is -0.330. The molecule has 22 heavy (non-hydrogen) atoms.